The Balaban J connectivity index is 1.28. The van der Waals surface area contributed by atoms with Crippen LogP contribution < -0.4 is 20.7 Å². The molecular formula is C32H37ClF4N8O3. The highest BCUT2D eigenvalue weighted by atomic mass is 35.5. The molecule has 1 aromatic carbocycles. The van der Waals surface area contributed by atoms with E-state index in [9.17, 15) is 18.0 Å². The largest absolute Gasteiger partial charge is 0.461 e. The molecule has 3 aromatic rings. The maximum absolute atomic E-state index is 15.4. The number of hydrogen-bond donors (Lipinski definition) is 2. The van der Waals surface area contributed by atoms with Gasteiger partial charge in [-0.15, -0.1) is 0 Å². The van der Waals surface area contributed by atoms with Gasteiger partial charge in [0.15, 0.2) is 11.5 Å². The molecular weight excluding hydrogens is 656 g/mol. The van der Waals surface area contributed by atoms with Crippen LogP contribution in [-0.4, -0.2) is 69.4 Å². The molecule has 1 amide bonds. The third-order valence-electron chi connectivity index (χ3n) is 10.2. The van der Waals surface area contributed by atoms with Crippen molar-refractivity contribution in [2.24, 2.45) is 0 Å². The molecule has 11 nitrogen and oxygen atoms in total. The highest BCUT2D eigenvalue weighted by Gasteiger charge is 2.46. The van der Waals surface area contributed by atoms with Crippen LogP contribution in [0.4, 0.5) is 29.1 Å². The number of nitrogen functional groups attached to an aromatic ring is 1. The van der Waals surface area contributed by atoms with Gasteiger partial charge < -0.3 is 25.4 Å². The Morgan fingerprint density at radius 1 is 1.19 bits per heavy atom. The molecule has 2 aromatic heterocycles. The topological polar surface area (TPSA) is 124 Å². The number of nitrogens with zero attached hydrogens (tertiary/aromatic N) is 6. The fourth-order valence-corrected chi connectivity index (χ4v) is 8.14. The number of nitrogens with one attached hydrogen (secondary N) is 1. The summed E-state index contributed by atoms with van der Waals surface area (Å²) in [6.07, 6.45) is -1.68. The minimum atomic E-state index is -4.95. The number of aryl methyl sites for hydroxylation is 1. The lowest BCUT2D eigenvalue weighted by Crippen LogP contribution is -2.43. The van der Waals surface area contributed by atoms with E-state index in [1.54, 1.807) is 7.05 Å². The van der Waals surface area contributed by atoms with Crippen molar-refractivity contribution in [3.63, 3.8) is 0 Å². The van der Waals surface area contributed by atoms with Gasteiger partial charge in [-0.2, -0.15) is 28.2 Å². The normalized spacial score (nSPS) is 20.6. The highest BCUT2D eigenvalue weighted by Crippen LogP contribution is 2.46. The molecule has 0 radical (unpaired) electrons. The van der Waals surface area contributed by atoms with Crippen molar-refractivity contribution in [3.05, 3.63) is 56.2 Å². The number of ether oxygens (including phenoxy) is 2. The molecule has 1 atom stereocenters. The Labute approximate surface area is 279 Å². The van der Waals surface area contributed by atoms with E-state index in [-0.39, 0.29) is 30.5 Å². The predicted octanol–water partition coefficient (Wildman–Crippen LogP) is 4.97. The molecule has 4 aliphatic heterocycles. The standard InChI is InChI=1S/C32H37ClF4N8O3/c1-17-22-14-43(8-5-11-45(22)42-27(17)29(46)39-2)28-18-15-47-23(24-25(32(35,36)37)19(33)12-20(38)26(24)34)13-21(18)40-30(41-28)48-16-31-6-3-9-44(31)10-4-7-31/h12,23H,3-11,13-16,38H2,1-2H3,(H,39,46). The van der Waals surface area contributed by atoms with Crippen LogP contribution in [0.3, 0.4) is 0 Å². The van der Waals surface area contributed by atoms with Gasteiger partial charge in [0.1, 0.15) is 12.4 Å². The van der Waals surface area contributed by atoms with E-state index in [4.69, 9.17) is 36.8 Å². The molecule has 1 unspecified atom stereocenters. The van der Waals surface area contributed by atoms with E-state index in [1.807, 2.05) is 16.5 Å². The number of hydrogen-bond acceptors (Lipinski definition) is 9. The van der Waals surface area contributed by atoms with Crippen LogP contribution in [-0.2, 0) is 37.0 Å². The van der Waals surface area contributed by atoms with Crippen molar-refractivity contribution in [2.75, 3.05) is 43.9 Å². The second-order valence-corrected chi connectivity index (χ2v) is 13.4. The first-order valence-corrected chi connectivity index (χ1v) is 16.5. The van der Waals surface area contributed by atoms with Gasteiger partial charge in [-0.1, -0.05) is 11.6 Å². The van der Waals surface area contributed by atoms with Crippen molar-refractivity contribution < 1.29 is 31.8 Å². The Morgan fingerprint density at radius 3 is 2.65 bits per heavy atom. The summed E-state index contributed by atoms with van der Waals surface area (Å²) < 4.78 is 72.3. The van der Waals surface area contributed by atoms with Crippen LogP contribution in [0.5, 0.6) is 6.01 Å². The number of rotatable bonds is 6. The SMILES string of the molecule is CNC(=O)c1nn2c(c1C)CN(c1nc(OCC34CCCN3CCC4)nc3c1COC(c1c(F)c(N)cc(Cl)c1C(F)(F)F)C3)CCC2. The van der Waals surface area contributed by atoms with Crippen molar-refractivity contribution in [1.29, 1.82) is 0 Å². The summed E-state index contributed by atoms with van der Waals surface area (Å²) >= 11 is 6.00. The van der Waals surface area contributed by atoms with E-state index in [1.165, 1.54) is 0 Å². The molecule has 48 heavy (non-hydrogen) atoms. The van der Waals surface area contributed by atoms with Gasteiger partial charge in [-0.25, -0.2) is 4.39 Å². The number of aromatic nitrogens is 4. The van der Waals surface area contributed by atoms with E-state index in [2.05, 4.69) is 15.3 Å². The molecule has 0 saturated carbocycles. The number of benzene rings is 1. The molecule has 0 bridgehead atoms. The first-order valence-electron chi connectivity index (χ1n) is 16.2. The van der Waals surface area contributed by atoms with Gasteiger partial charge in [-0.3, -0.25) is 14.4 Å². The van der Waals surface area contributed by atoms with E-state index in [0.29, 0.717) is 55.4 Å². The summed E-state index contributed by atoms with van der Waals surface area (Å²) in [4.78, 5) is 26.6. The second-order valence-electron chi connectivity index (χ2n) is 13.0. The summed E-state index contributed by atoms with van der Waals surface area (Å²) in [7, 11) is 1.55. The van der Waals surface area contributed by atoms with Crippen molar-refractivity contribution in [3.8, 4) is 6.01 Å². The Kier molecular flexibility index (Phi) is 8.43. The lowest BCUT2D eigenvalue weighted by molar-refractivity contribution is -0.140. The van der Waals surface area contributed by atoms with Gasteiger partial charge in [0.05, 0.1) is 52.5 Å². The molecule has 2 saturated heterocycles. The lowest BCUT2D eigenvalue weighted by atomic mass is 9.93. The zero-order valence-corrected chi connectivity index (χ0v) is 27.5. The minimum Gasteiger partial charge on any atom is -0.461 e. The fraction of sp³-hybridized carbons (Fsp3) is 0.562. The Bertz CT molecular complexity index is 1760. The first kappa shape index (κ1) is 32.8. The first-order chi connectivity index (χ1) is 22.9. The Hall–Kier alpha value is -3.69. The molecule has 16 heteroatoms. The summed E-state index contributed by atoms with van der Waals surface area (Å²) in [6, 6.07) is 0.864. The van der Waals surface area contributed by atoms with Crippen LogP contribution in [0.1, 0.15) is 82.3 Å². The monoisotopic (exact) mass is 692 g/mol. The third kappa shape index (κ3) is 5.62. The molecule has 7 rings (SSSR count). The number of carbonyl (C=O) groups is 1. The number of amides is 1. The maximum Gasteiger partial charge on any atom is 0.418 e. The zero-order valence-electron chi connectivity index (χ0n) is 26.7. The van der Waals surface area contributed by atoms with Crippen LogP contribution in [0.25, 0.3) is 0 Å². The van der Waals surface area contributed by atoms with Crippen LogP contribution in [0, 0.1) is 12.7 Å². The Morgan fingerprint density at radius 2 is 1.94 bits per heavy atom. The van der Waals surface area contributed by atoms with Crippen LogP contribution in [0.2, 0.25) is 5.02 Å². The van der Waals surface area contributed by atoms with E-state index >= 15 is 4.39 Å². The fourth-order valence-electron chi connectivity index (χ4n) is 7.82. The zero-order chi connectivity index (χ0) is 34.0. The van der Waals surface area contributed by atoms with E-state index in [0.717, 1.165) is 56.1 Å². The minimum absolute atomic E-state index is 0.0974. The average Bonchev–Trinajstić information content (AvgIpc) is 3.67. The molecule has 0 aliphatic carbocycles. The van der Waals surface area contributed by atoms with Crippen LogP contribution in [0.15, 0.2) is 6.07 Å². The summed E-state index contributed by atoms with van der Waals surface area (Å²) in [5.74, 6) is -0.998. The van der Waals surface area contributed by atoms with Crippen molar-refractivity contribution >= 4 is 29.0 Å². The van der Waals surface area contributed by atoms with Gasteiger partial charge >= 0.3 is 12.2 Å². The lowest BCUT2D eigenvalue weighted by Gasteiger charge is -2.33. The van der Waals surface area contributed by atoms with Gasteiger partial charge in [0, 0.05) is 43.2 Å². The molecule has 2 fully saturated rings. The van der Waals surface area contributed by atoms with Crippen molar-refractivity contribution in [2.45, 2.75) is 83.0 Å². The molecule has 6 heterocycles. The smallest absolute Gasteiger partial charge is 0.418 e. The third-order valence-corrected chi connectivity index (χ3v) is 10.5. The van der Waals surface area contributed by atoms with E-state index < -0.39 is 39.9 Å². The number of nitrogens with two attached hydrogens (primary N) is 1. The average molecular weight is 693 g/mol. The number of halogens is 5. The van der Waals surface area contributed by atoms with Gasteiger partial charge in [0.25, 0.3) is 5.91 Å². The summed E-state index contributed by atoms with van der Waals surface area (Å²) in [5.41, 5.74) is 5.96. The molecule has 0 spiro atoms. The quantitative estimate of drug-likeness (QED) is 0.272. The maximum atomic E-state index is 15.4. The highest BCUT2D eigenvalue weighted by molar-refractivity contribution is 6.31. The van der Waals surface area contributed by atoms with Crippen molar-refractivity contribution in [1.82, 2.24) is 30.0 Å². The number of anilines is 2. The molecule has 4 aliphatic rings. The van der Waals surface area contributed by atoms with Crippen LogP contribution >= 0.6 is 11.6 Å². The predicted molar refractivity (Wildman–Crippen MR) is 168 cm³/mol. The van der Waals surface area contributed by atoms with Gasteiger partial charge in [-0.05, 0) is 58.2 Å². The van der Waals surface area contributed by atoms with Gasteiger partial charge in [0.2, 0.25) is 0 Å². The second kappa shape index (κ2) is 12.3. The number of carbonyl (C=O) groups excluding carboxylic acids is 1. The number of alkyl halides is 3. The number of fused-ring (bicyclic) bond motifs is 3. The molecule has 258 valence electrons. The summed E-state index contributed by atoms with van der Waals surface area (Å²) in [5, 5.41) is 6.48. The molecule has 3 N–H and O–H groups in total. The summed E-state index contributed by atoms with van der Waals surface area (Å²) in [6.45, 7) is 5.56.